The third kappa shape index (κ3) is 2.75. The van der Waals surface area contributed by atoms with Crippen molar-refractivity contribution in [1.29, 1.82) is 0 Å². The quantitative estimate of drug-likeness (QED) is 0.525. The molecule has 20 heavy (non-hydrogen) atoms. The standard InChI is InChI=1S/C16H16BrClN2/c1-10-9-11(7-8-13(10)17)16-19-14-6-4-2-3-5-12(14)15(18)20-16/h7-9H,2-6H2,1H3. The van der Waals surface area contributed by atoms with Gasteiger partial charge >= 0.3 is 0 Å². The van der Waals surface area contributed by atoms with E-state index in [-0.39, 0.29) is 0 Å². The lowest BCUT2D eigenvalue weighted by molar-refractivity contribution is 0.709. The molecule has 1 aliphatic carbocycles. The number of aromatic nitrogens is 2. The molecule has 0 radical (unpaired) electrons. The average molecular weight is 352 g/mol. The summed E-state index contributed by atoms with van der Waals surface area (Å²) in [4.78, 5) is 9.27. The summed E-state index contributed by atoms with van der Waals surface area (Å²) in [5.41, 5.74) is 4.50. The highest BCUT2D eigenvalue weighted by Crippen LogP contribution is 2.29. The number of fused-ring (bicyclic) bond motifs is 1. The van der Waals surface area contributed by atoms with Crippen LogP contribution in [0.1, 0.15) is 36.1 Å². The van der Waals surface area contributed by atoms with Crippen molar-refractivity contribution in [3.8, 4) is 11.4 Å². The molecule has 1 aliphatic rings. The molecule has 0 aliphatic heterocycles. The first-order valence-corrected chi connectivity index (χ1v) is 8.14. The lowest BCUT2D eigenvalue weighted by atomic mass is 10.1. The van der Waals surface area contributed by atoms with E-state index in [1.165, 1.54) is 24.8 Å². The molecule has 4 heteroatoms. The first-order valence-electron chi connectivity index (χ1n) is 6.97. The van der Waals surface area contributed by atoms with E-state index in [4.69, 9.17) is 16.6 Å². The van der Waals surface area contributed by atoms with Gasteiger partial charge in [0.2, 0.25) is 0 Å². The number of halogens is 2. The van der Waals surface area contributed by atoms with E-state index in [2.05, 4.69) is 33.9 Å². The van der Waals surface area contributed by atoms with Crippen molar-refractivity contribution in [3.63, 3.8) is 0 Å². The van der Waals surface area contributed by atoms with Crippen molar-refractivity contribution in [3.05, 3.63) is 44.6 Å². The SMILES string of the molecule is Cc1cc(-c2nc(Cl)c3c(n2)CCCCC3)ccc1Br. The highest BCUT2D eigenvalue weighted by atomic mass is 79.9. The largest absolute Gasteiger partial charge is 0.233 e. The fourth-order valence-corrected chi connectivity index (χ4v) is 3.17. The second-order valence-corrected chi connectivity index (χ2v) is 6.50. The number of hydrogen-bond donors (Lipinski definition) is 0. The molecule has 0 fully saturated rings. The van der Waals surface area contributed by atoms with Gasteiger partial charge in [-0.25, -0.2) is 9.97 Å². The second-order valence-electron chi connectivity index (χ2n) is 5.29. The number of aryl methyl sites for hydroxylation is 2. The highest BCUT2D eigenvalue weighted by molar-refractivity contribution is 9.10. The molecule has 3 rings (SSSR count). The van der Waals surface area contributed by atoms with Gasteiger partial charge in [0.15, 0.2) is 5.82 Å². The fraction of sp³-hybridized carbons (Fsp3) is 0.375. The van der Waals surface area contributed by atoms with Crippen molar-refractivity contribution in [2.75, 3.05) is 0 Å². The van der Waals surface area contributed by atoms with Crippen LogP contribution in [0.4, 0.5) is 0 Å². The Balaban J connectivity index is 2.08. The zero-order valence-electron chi connectivity index (χ0n) is 11.4. The summed E-state index contributed by atoms with van der Waals surface area (Å²) in [6.45, 7) is 2.07. The van der Waals surface area contributed by atoms with Crippen LogP contribution < -0.4 is 0 Å². The van der Waals surface area contributed by atoms with Gasteiger partial charge in [-0.05, 0) is 50.3 Å². The molecule has 0 saturated heterocycles. The maximum Gasteiger partial charge on any atom is 0.161 e. The molecule has 0 amide bonds. The molecule has 104 valence electrons. The Labute approximate surface area is 132 Å². The van der Waals surface area contributed by atoms with Crippen LogP contribution in [-0.2, 0) is 12.8 Å². The first kappa shape index (κ1) is 14.0. The van der Waals surface area contributed by atoms with Crippen LogP contribution in [0.15, 0.2) is 22.7 Å². The van der Waals surface area contributed by atoms with Crippen LogP contribution >= 0.6 is 27.5 Å². The molecule has 0 saturated carbocycles. The zero-order chi connectivity index (χ0) is 14.1. The third-order valence-electron chi connectivity index (χ3n) is 3.80. The molecule has 0 unspecified atom stereocenters. The summed E-state index contributed by atoms with van der Waals surface area (Å²) in [5, 5.41) is 0.632. The molecule has 0 atom stereocenters. The monoisotopic (exact) mass is 350 g/mol. The normalized spacial score (nSPS) is 14.8. The van der Waals surface area contributed by atoms with E-state index < -0.39 is 0 Å². The molecular formula is C16H16BrClN2. The minimum Gasteiger partial charge on any atom is -0.233 e. The Morgan fingerprint density at radius 3 is 2.70 bits per heavy atom. The van der Waals surface area contributed by atoms with Gasteiger partial charge in [0.05, 0.1) is 0 Å². The topological polar surface area (TPSA) is 25.8 Å². The smallest absolute Gasteiger partial charge is 0.161 e. The van der Waals surface area contributed by atoms with Gasteiger partial charge in [0, 0.05) is 21.3 Å². The van der Waals surface area contributed by atoms with E-state index in [9.17, 15) is 0 Å². The van der Waals surface area contributed by atoms with Crippen LogP contribution in [0, 0.1) is 6.92 Å². The third-order valence-corrected chi connectivity index (χ3v) is 5.00. The van der Waals surface area contributed by atoms with Crippen molar-refractivity contribution in [2.24, 2.45) is 0 Å². The molecule has 2 aromatic rings. The van der Waals surface area contributed by atoms with Crippen LogP contribution in [-0.4, -0.2) is 9.97 Å². The van der Waals surface area contributed by atoms with Gasteiger partial charge in [0.1, 0.15) is 5.15 Å². The summed E-state index contributed by atoms with van der Waals surface area (Å²) in [7, 11) is 0. The summed E-state index contributed by atoms with van der Waals surface area (Å²) >= 11 is 9.90. The van der Waals surface area contributed by atoms with Crippen LogP contribution in [0.25, 0.3) is 11.4 Å². The van der Waals surface area contributed by atoms with Gasteiger partial charge < -0.3 is 0 Å². The van der Waals surface area contributed by atoms with Gasteiger partial charge in [-0.3, -0.25) is 0 Å². The molecular weight excluding hydrogens is 336 g/mol. The van der Waals surface area contributed by atoms with Crippen molar-refractivity contribution >= 4 is 27.5 Å². The summed E-state index contributed by atoms with van der Waals surface area (Å²) < 4.78 is 1.10. The van der Waals surface area contributed by atoms with Crippen LogP contribution in [0.5, 0.6) is 0 Å². The number of benzene rings is 1. The van der Waals surface area contributed by atoms with Crippen molar-refractivity contribution < 1.29 is 0 Å². The van der Waals surface area contributed by atoms with E-state index in [1.807, 2.05) is 12.1 Å². The van der Waals surface area contributed by atoms with Gasteiger partial charge in [-0.15, -0.1) is 0 Å². The van der Waals surface area contributed by atoms with Gasteiger partial charge in [0.25, 0.3) is 0 Å². The molecule has 0 bridgehead atoms. The Kier molecular flexibility index (Phi) is 4.08. The predicted octanol–water partition coefficient (Wildman–Crippen LogP) is 5.14. The van der Waals surface area contributed by atoms with Crippen molar-refractivity contribution in [1.82, 2.24) is 9.97 Å². The lowest BCUT2D eigenvalue weighted by Gasteiger charge is -2.10. The highest BCUT2D eigenvalue weighted by Gasteiger charge is 2.16. The fourth-order valence-electron chi connectivity index (χ4n) is 2.64. The van der Waals surface area contributed by atoms with Crippen LogP contribution in [0.3, 0.4) is 0 Å². The maximum absolute atomic E-state index is 6.38. The summed E-state index contributed by atoms with van der Waals surface area (Å²) in [6.07, 6.45) is 5.65. The maximum atomic E-state index is 6.38. The Morgan fingerprint density at radius 1 is 1.10 bits per heavy atom. The Bertz CT molecular complexity index is 655. The van der Waals surface area contributed by atoms with Crippen LogP contribution in [0.2, 0.25) is 5.15 Å². The number of rotatable bonds is 1. The Hall–Kier alpha value is -0.930. The van der Waals surface area contributed by atoms with E-state index in [1.54, 1.807) is 0 Å². The summed E-state index contributed by atoms with van der Waals surface area (Å²) in [6, 6.07) is 6.16. The van der Waals surface area contributed by atoms with Gasteiger partial charge in [-0.1, -0.05) is 40.0 Å². The van der Waals surface area contributed by atoms with E-state index in [0.717, 1.165) is 40.0 Å². The first-order chi connectivity index (χ1) is 9.65. The molecule has 1 aromatic carbocycles. The van der Waals surface area contributed by atoms with E-state index >= 15 is 0 Å². The number of hydrogen-bond acceptors (Lipinski definition) is 2. The summed E-state index contributed by atoms with van der Waals surface area (Å²) in [5.74, 6) is 0.742. The molecule has 0 spiro atoms. The predicted molar refractivity (Wildman–Crippen MR) is 86.2 cm³/mol. The van der Waals surface area contributed by atoms with Crippen molar-refractivity contribution in [2.45, 2.75) is 39.0 Å². The molecule has 0 N–H and O–H groups in total. The molecule has 1 aromatic heterocycles. The minimum absolute atomic E-state index is 0.632. The molecule has 2 nitrogen and oxygen atoms in total. The molecule has 1 heterocycles. The number of nitrogens with zero attached hydrogens (tertiary/aromatic N) is 2. The van der Waals surface area contributed by atoms with Gasteiger partial charge in [-0.2, -0.15) is 0 Å². The minimum atomic E-state index is 0.632. The second kappa shape index (κ2) is 5.82. The zero-order valence-corrected chi connectivity index (χ0v) is 13.8. The lowest BCUT2D eigenvalue weighted by Crippen LogP contribution is -2.02. The average Bonchev–Trinajstić information content (AvgIpc) is 2.67. The Morgan fingerprint density at radius 2 is 1.90 bits per heavy atom. The van der Waals surface area contributed by atoms with E-state index in [0.29, 0.717) is 5.15 Å².